The summed E-state index contributed by atoms with van der Waals surface area (Å²) in [5.41, 5.74) is 3.17. The van der Waals surface area contributed by atoms with E-state index in [-0.39, 0.29) is 23.2 Å². The first kappa shape index (κ1) is 28.2. The van der Waals surface area contributed by atoms with Crippen LogP contribution in [-0.2, 0) is 14.3 Å². The number of benzene rings is 4. The molecule has 4 aromatic carbocycles. The van der Waals surface area contributed by atoms with E-state index < -0.39 is 18.2 Å². The standard InChI is InChI=1S/C34H29NO7/c36-27-11-1-23(2-12-27)6-20-34(40)41-30-17-3-24(4-18-30)5-19-33(39)35-21-31(25-7-13-28(37)14-8-25)42-32(22-35)26-9-15-29(38)16-10-26/h1-20,31-32,36-38H,21-22H2/t31-,32+. The summed E-state index contributed by atoms with van der Waals surface area (Å²) in [5.74, 6) is 0.0622. The van der Waals surface area contributed by atoms with Crippen LogP contribution in [0.3, 0.4) is 0 Å². The molecular weight excluding hydrogens is 534 g/mol. The highest BCUT2D eigenvalue weighted by molar-refractivity contribution is 5.92. The van der Waals surface area contributed by atoms with Gasteiger partial charge < -0.3 is 29.7 Å². The lowest BCUT2D eigenvalue weighted by atomic mass is 10.0. The Balaban J connectivity index is 1.23. The molecule has 5 rings (SSSR count). The quantitative estimate of drug-likeness (QED) is 0.148. The number of carbonyl (C=O) groups excluding carboxylic acids is 2. The molecule has 3 N–H and O–H groups in total. The number of rotatable bonds is 7. The van der Waals surface area contributed by atoms with Crippen LogP contribution in [0.1, 0.15) is 34.5 Å². The van der Waals surface area contributed by atoms with Gasteiger partial charge in [-0.3, -0.25) is 4.79 Å². The molecule has 8 nitrogen and oxygen atoms in total. The molecule has 0 aromatic heterocycles. The summed E-state index contributed by atoms with van der Waals surface area (Å²) >= 11 is 0. The summed E-state index contributed by atoms with van der Waals surface area (Å²) in [7, 11) is 0. The Morgan fingerprint density at radius 3 is 1.57 bits per heavy atom. The SMILES string of the molecule is O=C(C=Cc1ccc(O)cc1)Oc1ccc(C=CC(=O)N2C[C@@H](c3ccc(O)cc3)O[C@@H](c3ccc(O)cc3)C2)cc1. The van der Waals surface area contributed by atoms with E-state index >= 15 is 0 Å². The van der Waals surface area contributed by atoms with Crippen molar-refractivity contribution in [2.24, 2.45) is 0 Å². The zero-order valence-electron chi connectivity index (χ0n) is 22.5. The topological polar surface area (TPSA) is 117 Å². The number of phenolic OH excluding ortho intramolecular Hbond substituents is 3. The van der Waals surface area contributed by atoms with Gasteiger partial charge in [0.25, 0.3) is 0 Å². The molecule has 0 unspecified atom stereocenters. The van der Waals surface area contributed by atoms with Crippen LogP contribution in [0.4, 0.5) is 0 Å². The van der Waals surface area contributed by atoms with E-state index in [2.05, 4.69) is 0 Å². The fourth-order valence-corrected chi connectivity index (χ4v) is 4.50. The van der Waals surface area contributed by atoms with Crippen LogP contribution in [0.25, 0.3) is 12.2 Å². The molecule has 1 heterocycles. The van der Waals surface area contributed by atoms with Crippen molar-refractivity contribution in [3.05, 3.63) is 131 Å². The van der Waals surface area contributed by atoms with Crippen LogP contribution in [0.15, 0.2) is 109 Å². The molecule has 0 saturated carbocycles. The van der Waals surface area contributed by atoms with Gasteiger partial charge in [0, 0.05) is 12.2 Å². The monoisotopic (exact) mass is 563 g/mol. The van der Waals surface area contributed by atoms with Gasteiger partial charge in [-0.2, -0.15) is 0 Å². The molecule has 0 aliphatic carbocycles. The van der Waals surface area contributed by atoms with Gasteiger partial charge in [0.05, 0.1) is 13.1 Å². The molecule has 1 amide bonds. The number of ether oxygens (including phenoxy) is 2. The summed E-state index contributed by atoms with van der Waals surface area (Å²) in [6, 6.07) is 26.6. The van der Waals surface area contributed by atoms with Crippen LogP contribution >= 0.6 is 0 Å². The molecule has 4 aromatic rings. The Labute approximate surface area is 243 Å². The van der Waals surface area contributed by atoms with Gasteiger partial charge in [-0.1, -0.05) is 48.5 Å². The van der Waals surface area contributed by atoms with E-state index in [0.29, 0.717) is 18.8 Å². The summed E-state index contributed by atoms with van der Waals surface area (Å²) in [6.07, 6.45) is 5.26. The lowest BCUT2D eigenvalue weighted by Crippen LogP contribution is -2.43. The first-order valence-electron chi connectivity index (χ1n) is 13.3. The Hall–Kier alpha value is -5.34. The molecule has 2 atom stereocenters. The van der Waals surface area contributed by atoms with Crippen LogP contribution in [0.2, 0.25) is 0 Å². The summed E-state index contributed by atoms with van der Waals surface area (Å²) in [6.45, 7) is 0.657. The average molecular weight is 564 g/mol. The maximum absolute atomic E-state index is 13.3. The van der Waals surface area contributed by atoms with Gasteiger partial charge in [0.15, 0.2) is 0 Å². The molecule has 0 spiro atoms. The molecule has 212 valence electrons. The van der Waals surface area contributed by atoms with E-state index in [1.165, 1.54) is 24.3 Å². The second kappa shape index (κ2) is 12.9. The molecule has 8 heteroatoms. The minimum atomic E-state index is -0.541. The summed E-state index contributed by atoms with van der Waals surface area (Å²) < 4.78 is 11.7. The van der Waals surface area contributed by atoms with Gasteiger partial charge >= 0.3 is 5.97 Å². The second-order valence-corrected chi connectivity index (χ2v) is 9.79. The fraction of sp³-hybridized carbons (Fsp3) is 0.118. The summed E-state index contributed by atoms with van der Waals surface area (Å²) in [5, 5.41) is 28.7. The zero-order chi connectivity index (χ0) is 29.5. The predicted molar refractivity (Wildman–Crippen MR) is 158 cm³/mol. The smallest absolute Gasteiger partial charge is 0.336 e. The van der Waals surface area contributed by atoms with Crippen LogP contribution in [-0.4, -0.2) is 45.2 Å². The normalized spacial score (nSPS) is 17.0. The van der Waals surface area contributed by atoms with Crippen LogP contribution < -0.4 is 4.74 Å². The van der Waals surface area contributed by atoms with E-state index in [1.54, 1.807) is 102 Å². The lowest BCUT2D eigenvalue weighted by Gasteiger charge is -2.38. The Bertz CT molecular complexity index is 1520. The van der Waals surface area contributed by atoms with Gasteiger partial charge in [0.2, 0.25) is 5.91 Å². The maximum atomic E-state index is 13.3. The van der Waals surface area contributed by atoms with Crippen molar-refractivity contribution in [2.75, 3.05) is 13.1 Å². The number of aromatic hydroxyl groups is 3. The molecule has 0 radical (unpaired) electrons. The van der Waals surface area contributed by atoms with E-state index in [1.807, 2.05) is 0 Å². The molecule has 0 bridgehead atoms. The number of nitrogens with zero attached hydrogens (tertiary/aromatic N) is 1. The van der Waals surface area contributed by atoms with Gasteiger partial charge in [-0.25, -0.2) is 4.79 Å². The predicted octanol–water partition coefficient (Wildman–Crippen LogP) is 5.78. The van der Waals surface area contributed by atoms with Gasteiger partial charge in [-0.15, -0.1) is 0 Å². The zero-order valence-corrected chi connectivity index (χ0v) is 22.5. The number of esters is 1. The first-order valence-corrected chi connectivity index (χ1v) is 13.3. The number of hydrogen-bond acceptors (Lipinski definition) is 7. The van der Waals surface area contributed by atoms with Gasteiger partial charge in [0.1, 0.15) is 35.2 Å². The number of amides is 1. The van der Waals surface area contributed by atoms with Crippen molar-refractivity contribution < 1.29 is 34.4 Å². The summed E-state index contributed by atoms with van der Waals surface area (Å²) in [4.78, 5) is 27.1. The molecular formula is C34H29NO7. The highest BCUT2D eigenvalue weighted by atomic mass is 16.5. The second-order valence-electron chi connectivity index (χ2n) is 9.79. The highest BCUT2D eigenvalue weighted by Gasteiger charge is 2.31. The molecule has 1 saturated heterocycles. The fourth-order valence-electron chi connectivity index (χ4n) is 4.50. The van der Waals surface area contributed by atoms with Crippen LogP contribution in [0, 0.1) is 0 Å². The minimum Gasteiger partial charge on any atom is -0.508 e. The van der Waals surface area contributed by atoms with Gasteiger partial charge in [-0.05, 0) is 82.9 Å². The van der Waals surface area contributed by atoms with Crippen molar-refractivity contribution in [1.29, 1.82) is 0 Å². The number of hydrogen-bond donors (Lipinski definition) is 3. The van der Waals surface area contributed by atoms with E-state index in [0.717, 1.165) is 22.3 Å². The first-order chi connectivity index (χ1) is 20.3. The maximum Gasteiger partial charge on any atom is 0.336 e. The molecule has 1 fully saturated rings. The molecule has 42 heavy (non-hydrogen) atoms. The highest BCUT2D eigenvalue weighted by Crippen LogP contribution is 2.34. The Morgan fingerprint density at radius 1 is 0.643 bits per heavy atom. The Kier molecular flexibility index (Phi) is 8.65. The van der Waals surface area contributed by atoms with E-state index in [4.69, 9.17) is 9.47 Å². The number of carbonyl (C=O) groups is 2. The lowest BCUT2D eigenvalue weighted by molar-refractivity contribution is -0.141. The van der Waals surface area contributed by atoms with Crippen LogP contribution in [0.5, 0.6) is 23.0 Å². The largest absolute Gasteiger partial charge is 0.508 e. The van der Waals surface area contributed by atoms with Crippen molar-refractivity contribution in [2.45, 2.75) is 12.2 Å². The molecule has 1 aliphatic rings. The van der Waals surface area contributed by atoms with Crippen molar-refractivity contribution >= 4 is 24.0 Å². The Morgan fingerprint density at radius 2 is 1.07 bits per heavy atom. The minimum absolute atomic E-state index is 0.145. The van der Waals surface area contributed by atoms with E-state index in [9.17, 15) is 24.9 Å². The van der Waals surface area contributed by atoms with Crippen molar-refractivity contribution in [1.82, 2.24) is 4.90 Å². The average Bonchev–Trinajstić information content (AvgIpc) is 3.01. The third kappa shape index (κ3) is 7.44. The van der Waals surface area contributed by atoms with Crippen molar-refractivity contribution in [3.63, 3.8) is 0 Å². The number of morpholine rings is 1. The number of phenols is 3. The third-order valence-electron chi connectivity index (χ3n) is 6.76. The molecule has 1 aliphatic heterocycles. The third-order valence-corrected chi connectivity index (χ3v) is 6.76. The van der Waals surface area contributed by atoms with Crippen molar-refractivity contribution in [3.8, 4) is 23.0 Å².